The molecular weight excluding hydrogens is 305 g/mol. The second-order valence-corrected chi connectivity index (χ2v) is 6.61. The molecule has 0 bridgehead atoms. The molecule has 3 N–H and O–H groups in total. The SMILES string of the molecule is Cc1cccc(F)c1N1CCCC(NCc2cn(C)nc2N)CC1. The number of halogens is 1. The second-order valence-electron chi connectivity index (χ2n) is 6.61. The molecule has 5 nitrogen and oxygen atoms in total. The van der Waals surface area contributed by atoms with Crippen molar-refractivity contribution >= 4 is 11.5 Å². The molecule has 1 aromatic carbocycles. The predicted octanol–water partition coefficient (Wildman–Crippen LogP) is 2.60. The molecule has 1 fully saturated rings. The summed E-state index contributed by atoms with van der Waals surface area (Å²) >= 11 is 0. The molecule has 1 aliphatic heterocycles. The maximum Gasteiger partial charge on any atom is 0.149 e. The van der Waals surface area contributed by atoms with Crippen molar-refractivity contribution in [2.45, 2.75) is 38.8 Å². The number of nitrogen functional groups attached to an aromatic ring is 1. The van der Waals surface area contributed by atoms with Crippen molar-refractivity contribution in [3.05, 3.63) is 41.3 Å². The first-order valence-corrected chi connectivity index (χ1v) is 8.56. The molecule has 1 aromatic heterocycles. The fraction of sp³-hybridized carbons (Fsp3) is 0.500. The molecule has 0 spiro atoms. The Hall–Kier alpha value is -2.08. The third-order valence-corrected chi connectivity index (χ3v) is 4.75. The molecule has 24 heavy (non-hydrogen) atoms. The standard InChI is InChI=1S/C18H26FN5/c1-13-5-3-7-16(19)17(13)24-9-4-6-15(8-10-24)21-11-14-12-23(2)22-18(14)20/h3,5,7,12,15,21H,4,6,8-11H2,1-2H3,(H2,20,22). The number of anilines is 2. The Morgan fingerprint density at radius 3 is 2.88 bits per heavy atom. The van der Waals surface area contributed by atoms with Crippen molar-refractivity contribution in [2.24, 2.45) is 7.05 Å². The zero-order chi connectivity index (χ0) is 17.1. The summed E-state index contributed by atoms with van der Waals surface area (Å²) in [6.45, 7) is 4.46. The number of hydrogen-bond donors (Lipinski definition) is 2. The van der Waals surface area contributed by atoms with E-state index in [1.807, 2.05) is 26.2 Å². The summed E-state index contributed by atoms with van der Waals surface area (Å²) in [7, 11) is 1.88. The van der Waals surface area contributed by atoms with Gasteiger partial charge in [0, 0.05) is 44.5 Å². The van der Waals surface area contributed by atoms with Gasteiger partial charge in [-0.15, -0.1) is 0 Å². The van der Waals surface area contributed by atoms with E-state index in [1.165, 1.54) is 0 Å². The number of aromatic nitrogens is 2. The van der Waals surface area contributed by atoms with Crippen LogP contribution in [0.1, 0.15) is 30.4 Å². The van der Waals surface area contributed by atoms with Crippen LogP contribution >= 0.6 is 0 Å². The predicted molar refractivity (Wildman–Crippen MR) is 95.4 cm³/mol. The summed E-state index contributed by atoms with van der Waals surface area (Å²) in [6.07, 6.45) is 5.08. The number of hydrogen-bond acceptors (Lipinski definition) is 4. The van der Waals surface area contributed by atoms with E-state index in [9.17, 15) is 4.39 Å². The molecule has 1 atom stereocenters. The summed E-state index contributed by atoms with van der Waals surface area (Å²) in [6, 6.07) is 5.72. The highest BCUT2D eigenvalue weighted by Gasteiger charge is 2.20. The number of benzene rings is 1. The van der Waals surface area contributed by atoms with Crippen LogP contribution in [-0.2, 0) is 13.6 Å². The van der Waals surface area contributed by atoms with Gasteiger partial charge in [-0.2, -0.15) is 5.10 Å². The first-order chi connectivity index (χ1) is 11.5. The van der Waals surface area contributed by atoms with Crippen LogP contribution in [0.5, 0.6) is 0 Å². The molecule has 0 saturated carbocycles. The number of nitrogens with one attached hydrogen (secondary N) is 1. The second kappa shape index (κ2) is 7.21. The Balaban J connectivity index is 1.60. The van der Waals surface area contributed by atoms with E-state index in [1.54, 1.807) is 16.8 Å². The fourth-order valence-corrected chi connectivity index (χ4v) is 3.49. The van der Waals surface area contributed by atoms with Gasteiger partial charge in [-0.3, -0.25) is 4.68 Å². The van der Waals surface area contributed by atoms with Gasteiger partial charge in [0.25, 0.3) is 0 Å². The number of aryl methyl sites for hydroxylation is 2. The summed E-state index contributed by atoms with van der Waals surface area (Å²) in [4.78, 5) is 2.19. The molecule has 1 saturated heterocycles. The lowest BCUT2D eigenvalue weighted by Crippen LogP contribution is -2.31. The smallest absolute Gasteiger partial charge is 0.149 e. The highest BCUT2D eigenvalue weighted by atomic mass is 19.1. The minimum atomic E-state index is -0.121. The number of para-hydroxylation sites is 1. The Morgan fingerprint density at radius 2 is 2.17 bits per heavy atom. The molecule has 2 heterocycles. The van der Waals surface area contributed by atoms with E-state index in [4.69, 9.17) is 5.73 Å². The summed E-state index contributed by atoms with van der Waals surface area (Å²) in [5.41, 5.74) is 8.69. The normalized spacial score (nSPS) is 18.6. The molecule has 1 unspecified atom stereocenters. The van der Waals surface area contributed by atoms with Crippen LogP contribution in [0.15, 0.2) is 24.4 Å². The topological polar surface area (TPSA) is 59.1 Å². The average Bonchev–Trinajstić information content (AvgIpc) is 2.72. The lowest BCUT2D eigenvalue weighted by Gasteiger charge is -2.25. The lowest BCUT2D eigenvalue weighted by molar-refractivity contribution is 0.470. The van der Waals surface area contributed by atoms with Crippen molar-refractivity contribution in [3.63, 3.8) is 0 Å². The van der Waals surface area contributed by atoms with Crippen LogP contribution in [0.2, 0.25) is 0 Å². The van der Waals surface area contributed by atoms with Gasteiger partial charge in [0.2, 0.25) is 0 Å². The summed E-state index contributed by atoms with van der Waals surface area (Å²) in [5, 5.41) is 7.75. The highest BCUT2D eigenvalue weighted by Crippen LogP contribution is 2.26. The number of nitrogens with zero attached hydrogens (tertiary/aromatic N) is 3. The Kier molecular flexibility index (Phi) is 5.04. The van der Waals surface area contributed by atoms with Crippen molar-refractivity contribution in [3.8, 4) is 0 Å². The zero-order valence-corrected chi connectivity index (χ0v) is 14.4. The first-order valence-electron chi connectivity index (χ1n) is 8.56. The molecule has 1 aliphatic rings. The van der Waals surface area contributed by atoms with Gasteiger partial charge in [0.15, 0.2) is 0 Å². The van der Waals surface area contributed by atoms with Crippen LogP contribution < -0.4 is 16.0 Å². The van der Waals surface area contributed by atoms with Crippen molar-refractivity contribution in [1.82, 2.24) is 15.1 Å². The average molecular weight is 331 g/mol. The number of nitrogens with two attached hydrogens (primary N) is 1. The Bertz CT molecular complexity index is 676. The van der Waals surface area contributed by atoms with Crippen molar-refractivity contribution in [2.75, 3.05) is 23.7 Å². The number of rotatable bonds is 4. The lowest BCUT2D eigenvalue weighted by atomic mass is 10.1. The molecule has 0 amide bonds. The van der Waals surface area contributed by atoms with E-state index in [0.29, 0.717) is 11.9 Å². The van der Waals surface area contributed by atoms with Gasteiger partial charge in [-0.1, -0.05) is 12.1 Å². The van der Waals surface area contributed by atoms with Crippen LogP contribution in [-0.4, -0.2) is 28.9 Å². The third kappa shape index (κ3) is 3.70. The van der Waals surface area contributed by atoms with Crippen LogP contribution in [0, 0.1) is 12.7 Å². The summed E-state index contributed by atoms with van der Waals surface area (Å²) in [5.74, 6) is 0.465. The van der Waals surface area contributed by atoms with Gasteiger partial charge >= 0.3 is 0 Å². The van der Waals surface area contributed by atoms with Crippen LogP contribution in [0.25, 0.3) is 0 Å². The van der Waals surface area contributed by atoms with E-state index >= 15 is 0 Å². The minimum absolute atomic E-state index is 0.121. The van der Waals surface area contributed by atoms with Gasteiger partial charge in [-0.25, -0.2) is 4.39 Å². The van der Waals surface area contributed by atoms with Crippen molar-refractivity contribution in [1.29, 1.82) is 0 Å². The molecule has 130 valence electrons. The van der Waals surface area contributed by atoms with E-state index in [0.717, 1.165) is 55.7 Å². The molecule has 3 rings (SSSR count). The van der Waals surface area contributed by atoms with Crippen molar-refractivity contribution < 1.29 is 4.39 Å². The molecule has 6 heteroatoms. The van der Waals surface area contributed by atoms with Crippen LogP contribution in [0.4, 0.5) is 15.9 Å². The fourth-order valence-electron chi connectivity index (χ4n) is 3.49. The van der Waals surface area contributed by atoms with Gasteiger partial charge in [-0.05, 0) is 37.8 Å². The highest BCUT2D eigenvalue weighted by molar-refractivity contribution is 5.54. The zero-order valence-electron chi connectivity index (χ0n) is 14.4. The first kappa shape index (κ1) is 16.8. The van der Waals surface area contributed by atoms with Gasteiger partial charge in [0.05, 0.1) is 5.69 Å². The maximum atomic E-state index is 14.2. The van der Waals surface area contributed by atoms with E-state index < -0.39 is 0 Å². The van der Waals surface area contributed by atoms with E-state index in [-0.39, 0.29) is 5.82 Å². The Labute approximate surface area is 142 Å². The summed E-state index contributed by atoms with van der Waals surface area (Å²) < 4.78 is 15.9. The quantitative estimate of drug-likeness (QED) is 0.904. The Morgan fingerprint density at radius 1 is 1.33 bits per heavy atom. The molecule has 0 aliphatic carbocycles. The molecular formula is C18H26FN5. The molecule has 0 radical (unpaired) electrons. The monoisotopic (exact) mass is 331 g/mol. The molecule has 2 aromatic rings. The third-order valence-electron chi connectivity index (χ3n) is 4.75. The van der Waals surface area contributed by atoms with Gasteiger partial charge < -0.3 is 16.0 Å². The van der Waals surface area contributed by atoms with Crippen LogP contribution in [0.3, 0.4) is 0 Å². The largest absolute Gasteiger partial charge is 0.382 e. The van der Waals surface area contributed by atoms with Gasteiger partial charge in [0.1, 0.15) is 11.6 Å². The van der Waals surface area contributed by atoms with E-state index in [2.05, 4.69) is 15.3 Å². The maximum absolute atomic E-state index is 14.2. The minimum Gasteiger partial charge on any atom is -0.382 e.